The molecule has 0 spiro atoms. The van der Waals surface area contributed by atoms with Crippen LogP contribution in [0.1, 0.15) is 58.3 Å². The summed E-state index contributed by atoms with van der Waals surface area (Å²) in [6, 6.07) is 2.12. The zero-order chi connectivity index (χ0) is 12.5. The van der Waals surface area contributed by atoms with Crippen LogP contribution in [-0.4, -0.2) is 23.9 Å². The van der Waals surface area contributed by atoms with Crippen LogP contribution in [0.4, 0.5) is 0 Å². The third kappa shape index (κ3) is 4.77. The van der Waals surface area contributed by atoms with Crippen LogP contribution in [0, 0.1) is 17.2 Å². The van der Waals surface area contributed by atoms with Crippen molar-refractivity contribution in [2.75, 3.05) is 13.1 Å². The van der Waals surface area contributed by atoms with E-state index in [1.54, 1.807) is 0 Å². The van der Waals surface area contributed by atoms with Crippen molar-refractivity contribution in [1.82, 2.24) is 4.90 Å². The zero-order valence-electron chi connectivity index (χ0n) is 11.0. The van der Waals surface area contributed by atoms with Crippen molar-refractivity contribution in [1.29, 1.82) is 5.26 Å². The van der Waals surface area contributed by atoms with Gasteiger partial charge in [0.1, 0.15) is 0 Å². The van der Waals surface area contributed by atoms with Crippen molar-refractivity contribution in [2.24, 2.45) is 5.92 Å². The van der Waals surface area contributed by atoms with Gasteiger partial charge < -0.3 is 4.90 Å². The summed E-state index contributed by atoms with van der Waals surface area (Å²) in [7, 11) is 0. The summed E-state index contributed by atoms with van der Waals surface area (Å²) in [4.78, 5) is 14.2. The smallest absolute Gasteiger partial charge is 0.225 e. The highest BCUT2D eigenvalue weighted by atomic mass is 16.2. The van der Waals surface area contributed by atoms with Gasteiger partial charge in [-0.3, -0.25) is 4.79 Å². The average molecular weight is 236 g/mol. The second-order valence-electron chi connectivity index (χ2n) is 4.87. The minimum absolute atomic E-state index is 0.217. The molecular weight excluding hydrogens is 212 g/mol. The Bertz CT molecular complexity index is 262. The van der Waals surface area contributed by atoms with Gasteiger partial charge in [0.05, 0.1) is 12.5 Å². The standard InChI is InChI=1S/C14H24N2O/c1-2-16(12-8-11-15)14(17)13-9-6-4-3-5-7-10-13/h13H,2-10,12H2,1H3. The lowest BCUT2D eigenvalue weighted by Crippen LogP contribution is -2.37. The Kier molecular flexibility index (Phi) is 6.69. The van der Waals surface area contributed by atoms with Gasteiger partial charge in [0.15, 0.2) is 0 Å². The lowest BCUT2D eigenvalue weighted by atomic mass is 9.90. The quantitative estimate of drug-likeness (QED) is 0.752. The number of hydrogen-bond donors (Lipinski definition) is 0. The maximum Gasteiger partial charge on any atom is 0.225 e. The third-order valence-electron chi connectivity index (χ3n) is 3.64. The van der Waals surface area contributed by atoms with Gasteiger partial charge in [0, 0.05) is 19.0 Å². The van der Waals surface area contributed by atoms with E-state index in [0.717, 1.165) is 19.4 Å². The van der Waals surface area contributed by atoms with Crippen LogP contribution in [0.5, 0.6) is 0 Å². The van der Waals surface area contributed by atoms with Crippen LogP contribution < -0.4 is 0 Å². The van der Waals surface area contributed by atoms with Crippen LogP contribution in [0.3, 0.4) is 0 Å². The maximum absolute atomic E-state index is 12.3. The summed E-state index contributed by atoms with van der Waals surface area (Å²) >= 11 is 0. The summed E-state index contributed by atoms with van der Waals surface area (Å²) in [6.45, 7) is 3.33. The normalized spacial score (nSPS) is 17.9. The highest BCUT2D eigenvalue weighted by Gasteiger charge is 2.23. The van der Waals surface area contributed by atoms with Crippen LogP contribution in [0.25, 0.3) is 0 Å². The highest BCUT2D eigenvalue weighted by molar-refractivity contribution is 5.78. The van der Waals surface area contributed by atoms with Gasteiger partial charge in [-0.05, 0) is 19.8 Å². The second kappa shape index (κ2) is 8.11. The lowest BCUT2D eigenvalue weighted by Gasteiger charge is -2.26. The molecule has 17 heavy (non-hydrogen) atoms. The van der Waals surface area contributed by atoms with Crippen LogP contribution in [0.15, 0.2) is 0 Å². The molecule has 96 valence electrons. The Morgan fingerprint density at radius 1 is 1.24 bits per heavy atom. The van der Waals surface area contributed by atoms with E-state index in [1.807, 2.05) is 11.8 Å². The molecule has 1 amide bonds. The molecular formula is C14H24N2O. The first-order valence-corrected chi connectivity index (χ1v) is 6.95. The molecule has 0 atom stereocenters. The first-order valence-electron chi connectivity index (χ1n) is 6.95. The molecule has 0 heterocycles. The van der Waals surface area contributed by atoms with E-state index in [1.165, 1.54) is 32.1 Å². The monoisotopic (exact) mass is 236 g/mol. The fourth-order valence-electron chi connectivity index (χ4n) is 2.57. The molecule has 0 aromatic rings. The van der Waals surface area contributed by atoms with Crippen molar-refractivity contribution in [3.05, 3.63) is 0 Å². The highest BCUT2D eigenvalue weighted by Crippen LogP contribution is 2.24. The van der Waals surface area contributed by atoms with E-state index in [-0.39, 0.29) is 11.8 Å². The Morgan fingerprint density at radius 3 is 2.35 bits per heavy atom. The molecule has 0 aromatic carbocycles. The summed E-state index contributed by atoms with van der Waals surface area (Å²) in [5.41, 5.74) is 0. The maximum atomic E-state index is 12.3. The summed E-state index contributed by atoms with van der Waals surface area (Å²) < 4.78 is 0. The van der Waals surface area contributed by atoms with Gasteiger partial charge in [0.25, 0.3) is 0 Å². The predicted molar refractivity (Wildman–Crippen MR) is 68.3 cm³/mol. The summed E-state index contributed by atoms with van der Waals surface area (Å²) in [5, 5.41) is 8.60. The van der Waals surface area contributed by atoms with E-state index in [0.29, 0.717) is 13.0 Å². The molecule has 1 saturated carbocycles. The molecule has 0 N–H and O–H groups in total. The Balaban J connectivity index is 2.49. The van der Waals surface area contributed by atoms with Crippen molar-refractivity contribution in [3.63, 3.8) is 0 Å². The largest absolute Gasteiger partial charge is 0.342 e. The van der Waals surface area contributed by atoms with Gasteiger partial charge in [-0.1, -0.05) is 32.1 Å². The van der Waals surface area contributed by atoms with Gasteiger partial charge in [-0.15, -0.1) is 0 Å². The fraction of sp³-hybridized carbons (Fsp3) is 0.857. The number of amides is 1. The van der Waals surface area contributed by atoms with Crippen LogP contribution >= 0.6 is 0 Å². The molecule has 1 aliphatic carbocycles. The average Bonchev–Trinajstić information content (AvgIpc) is 2.29. The van der Waals surface area contributed by atoms with Crippen molar-refractivity contribution >= 4 is 5.91 Å². The zero-order valence-corrected chi connectivity index (χ0v) is 11.0. The molecule has 0 saturated heterocycles. The summed E-state index contributed by atoms with van der Waals surface area (Å²) in [5.74, 6) is 0.499. The first kappa shape index (κ1) is 14.0. The van der Waals surface area contributed by atoms with Crippen molar-refractivity contribution in [2.45, 2.75) is 58.3 Å². The minimum Gasteiger partial charge on any atom is -0.342 e. The van der Waals surface area contributed by atoms with E-state index in [9.17, 15) is 4.79 Å². The van der Waals surface area contributed by atoms with E-state index in [4.69, 9.17) is 5.26 Å². The number of hydrogen-bond acceptors (Lipinski definition) is 2. The number of nitriles is 1. The first-order chi connectivity index (χ1) is 8.29. The topological polar surface area (TPSA) is 44.1 Å². The predicted octanol–water partition coefficient (Wildman–Crippen LogP) is 3.11. The Morgan fingerprint density at radius 2 is 1.82 bits per heavy atom. The number of rotatable bonds is 4. The number of carbonyl (C=O) groups is 1. The molecule has 0 aliphatic heterocycles. The van der Waals surface area contributed by atoms with E-state index < -0.39 is 0 Å². The third-order valence-corrected chi connectivity index (χ3v) is 3.64. The number of nitrogens with zero attached hydrogens (tertiary/aromatic N) is 2. The fourth-order valence-corrected chi connectivity index (χ4v) is 2.57. The molecule has 1 aliphatic rings. The lowest BCUT2D eigenvalue weighted by molar-refractivity contribution is -0.136. The Labute approximate surface area is 105 Å². The Hall–Kier alpha value is -1.04. The van der Waals surface area contributed by atoms with Gasteiger partial charge >= 0.3 is 0 Å². The van der Waals surface area contributed by atoms with Crippen LogP contribution in [0.2, 0.25) is 0 Å². The second-order valence-corrected chi connectivity index (χ2v) is 4.87. The van der Waals surface area contributed by atoms with Gasteiger partial charge in [-0.2, -0.15) is 5.26 Å². The summed E-state index contributed by atoms with van der Waals surface area (Å²) in [6.07, 6.45) is 8.78. The molecule has 3 nitrogen and oxygen atoms in total. The molecule has 0 radical (unpaired) electrons. The molecule has 1 fully saturated rings. The van der Waals surface area contributed by atoms with Crippen LogP contribution in [-0.2, 0) is 4.79 Å². The van der Waals surface area contributed by atoms with E-state index in [2.05, 4.69) is 6.07 Å². The number of carbonyl (C=O) groups excluding carboxylic acids is 1. The molecule has 0 bridgehead atoms. The molecule has 0 aromatic heterocycles. The van der Waals surface area contributed by atoms with Gasteiger partial charge in [-0.25, -0.2) is 0 Å². The molecule has 1 rings (SSSR count). The molecule has 0 unspecified atom stereocenters. The van der Waals surface area contributed by atoms with Crippen molar-refractivity contribution < 1.29 is 4.79 Å². The SMILES string of the molecule is CCN(CCC#N)C(=O)C1CCCCCCC1. The molecule has 3 heteroatoms. The van der Waals surface area contributed by atoms with E-state index >= 15 is 0 Å². The van der Waals surface area contributed by atoms with Crippen molar-refractivity contribution in [3.8, 4) is 6.07 Å². The minimum atomic E-state index is 0.217. The van der Waals surface area contributed by atoms with Gasteiger partial charge in [0.2, 0.25) is 5.91 Å².